The number of nitrogens with one attached hydrogen (secondary N) is 2. The molecule has 0 aromatic carbocycles. The van der Waals surface area contributed by atoms with Crippen molar-refractivity contribution in [3.05, 3.63) is 0 Å². The molecule has 10 aliphatic rings. The smallest absolute Gasteiger partial charge is 1.00 e. The van der Waals surface area contributed by atoms with Gasteiger partial charge in [0, 0.05) is 24.2 Å². The molecule has 0 aromatic heterocycles. The van der Waals surface area contributed by atoms with Crippen LogP contribution in [-0.4, -0.2) is 115 Å². The second kappa shape index (κ2) is 13.6. The summed E-state index contributed by atoms with van der Waals surface area (Å²) in [6.45, 7) is 2.04. The Morgan fingerprint density at radius 2 is 1.02 bits per heavy atom. The maximum absolute atomic E-state index is 12.4. The summed E-state index contributed by atoms with van der Waals surface area (Å²) >= 11 is 0. The molecule has 2 amide bonds. The monoisotopic (exact) mass is 665 g/mol. The Bertz CT molecular complexity index is 1130. The molecule has 0 radical (unpaired) electrons. The zero-order valence-corrected chi connectivity index (χ0v) is 29.4. The van der Waals surface area contributed by atoms with E-state index in [2.05, 4.69) is 22.8 Å². The van der Waals surface area contributed by atoms with Crippen LogP contribution in [0.15, 0.2) is 0 Å². The molecule has 10 rings (SSSR count). The van der Waals surface area contributed by atoms with Crippen molar-refractivity contribution in [1.82, 2.24) is 20.4 Å². The Balaban J connectivity index is 0.000000174. The third kappa shape index (κ3) is 7.08. The molecule has 8 aliphatic carbocycles. The molecule has 8 saturated carbocycles. The van der Waals surface area contributed by atoms with Crippen molar-refractivity contribution in [2.45, 2.75) is 137 Å². The van der Waals surface area contributed by atoms with Gasteiger partial charge in [0.1, 0.15) is 12.1 Å². The number of rotatable bonds is 6. The molecule has 0 aromatic rings. The summed E-state index contributed by atoms with van der Waals surface area (Å²) in [6, 6.07) is 3.98. The molecule has 10 fully saturated rings. The topological polar surface area (TPSA) is 153 Å². The third-order valence-corrected chi connectivity index (χ3v) is 12.7. The molecular formula is C34H50ClMgN6O4+. The van der Waals surface area contributed by atoms with E-state index in [9.17, 15) is 19.8 Å². The second-order valence-corrected chi connectivity index (χ2v) is 16.4. The quantitative estimate of drug-likeness (QED) is 0.263. The fraction of sp³-hybridized carbons (Fsp3) is 0.882. The van der Waals surface area contributed by atoms with Crippen molar-refractivity contribution in [2.24, 2.45) is 23.7 Å². The number of nitriles is 2. The van der Waals surface area contributed by atoms with Crippen molar-refractivity contribution in [3.63, 3.8) is 0 Å². The Kier molecular flexibility index (Phi) is 10.7. The summed E-state index contributed by atoms with van der Waals surface area (Å²) in [7, 11) is 0. The van der Waals surface area contributed by atoms with Gasteiger partial charge in [-0.2, -0.15) is 10.5 Å². The zero-order valence-electron chi connectivity index (χ0n) is 27.2. The van der Waals surface area contributed by atoms with Crippen LogP contribution in [0.5, 0.6) is 0 Å². The van der Waals surface area contributed by atoms with Crippen molar-refractivity contribution in [1.29, 1.82) is 10.5 Å². The van der Waals surface area contributed by atoms with Gasteiger partial charge in [-0.3, -0.25) is 9.59 Å². The number of aliphatic hydroxyl groups is 2. The van der Waals surface area contributed by atoms with Crippen molar-refractivity contribution >= 4 is 34.9 Å². The average Bonchev–Trinajstić information content (AvgIpc) is 3.62. The van der Waals surface area contributed by atoms with Gasteiger partial charge in [0.05, 0.1) is 36.4 Å². The van der Waals surface area contributed by atoms with E-state index in [0.29, 0.717) is 49.9 Å². The average molecular weight is 667 g/mol. The Labute approximate surface area is 295 Å². The Morgan fingerprint density at radius 3 is 1.33 bits per heavy atom. The van der Waals surface area contributed by atoms with Gasteiger partial charge in [0.25, 0.3) is 0 Å². The van der Waals surface area contributed by atoms with Gasteiger partial charge in [0.2, 0.25) is 11.8 Å². The third-order valence-electron chi connectivity index (χ3n) is 12.7. The number of halogens is 1. The van der Waals surface area contributed by atoms with Gasteiger partial charge in [-0.25, -0.2) is 0 Å². The molecule has 4 unspecified atom stereocenters. The van der Waals surface area contributed by atoms with Crippen molar-refractivity contribution in [3.8, 4) is 12.1 Å². The molecule has 6 atom stereocenters. The molecule has 46 heavy (non-hydrogen) atoms. The summed E-state index contributed by atoms with van der Waals surface area (Å²) in [5, 5.41) is 46.8. The number of carbonyl (C=O) groups excluding carboxylic acids is 2. The number of hydrogen-bond donors (Lipinski definition) is 4. The molecule has 2 aliphatic heterocycles. The van der Waals surface area contributed by atoms with Crippen LogP contribution in [0.3, 0.4) is 0 Å². The van der Waals surface area contributed by atoms with Gasteiger partial charge in [-0.05, 0) is 126 Å². The number of likely N-dealkylation sites (tertiary alicyclic amines) is 2. The second-order valence-electron chi connectivity index (χ2n) is 16.4. The van der Waals surface area contributed by atoms with E-state index in [0.717, 1.165) is 89.9 Å². The molecule has 2 heterocycles. The van der Waals surface area contributed by atoms with Crippen molar-refractivity contribution in [2.75, 3.05) is 26.2 Å². The number of hydrogen-bond acceptors (Lipinski definition) is 8. The van der Waals surface area contributed by atoms with Crippen LogP contribution >= 0.6 is 0 Å². The zero-order chi connectivity index (χ0) is 30.7. The summed E-state index contributed by atoms with van der Waals surface area (Å²) in [6.07, 6.45) is 15.7. The normalized spacial score (nSPS) is 44.0. The number of carbonyl (C=O) groups is 2. The Hall–Kier alpha value is -1.18. The van der Waals surface area contributed by atoms with E-state index >= 15 is 0 Å². The van der Waals surface area contributed by atoms with E-state index in [1.54, 1.807) is 9.80 Å². The summed E-state index contributed by atoms with van der Waals surface area (Å²) < 4.78 is 0. The molecule has 0 spiro atoms. The predicted molar refractivity (Wildman–Crippen MR) is 167 cm³/mol. The first kappa shape index (κ1) is 36.1. The van der Waals surface area contributed by atoms with Crippen LogP contribution in [0.25, 0.3) is 0 Å². The number of amides is 2. The van der Waals surface area contributed by atoms with Crippen LogP contribution in [0.2, 0.25) is 0 Å². The van der Waals surface area contributed by atoms with Crippen LogP contribution in [0.4, 0.5) is 0 Å². The van der Waals surface area contributed by atoms with E-state index in [1.165, 1.54) is 12.8 Å². The predicted octanol–water partition coefficient (Wildman–Crippen LogP) is -1.03. The van der Waals surface area contributed by atoms with Gasteiger partial charge >= 0.3 is 23.1 Å². The molecule has 248 valence electrons. The van der Waals surface area contributed by atoms with E-state index in [4.69, 9.17) is 10.5 Å². The van der Waals surface area contributed by atoms with Crippen molar-refractivity contribution < 1.29 is 32.2 Å². The summed E-state index contributed by atoms with van der Waals surface area (Å²) in [5.41, 5.74) is -1.08. The van der Waals surface area contributed by atoms with Crippen LogP contribution in [0, 0.1) is 46.3 Å². The fourth-order valence-corrected chi connectivity index (χ4v) is 12.0. The van der Waals surface area contributed by atoms with Gasteiger partial charge in [-0.1, -0.05) is 0 Å². The minimum atomic E-state index is -0.497. The van der Waals surface area contributed by atoms with Gasteiger partial charge in [0.15, 0.2) is 0 Å². The van der Waals surface area contributed by atoms with Gasteiger partial charge in [-0.15, -0.1) is 0 Å². The van der Waals surface area contributed by atoms with E-state index < -0.39 is 11.2 Å². The maximum Gasteiger partial charge on any atom is 2.00 e. The minimum absolute atomic E-state index is 0. The molecular weight excluding hydrogens is 616 g/mol. The SMILES string of the molecule is N#C[C@@H]1CCCN1C(=O)CNC12CC3CC(CC(O)(C3)C1)C2.N#C[C@@H]1CCCN1C(=O)CNC12CC3CC(CC(O)(C3)C1)C2.[Cl-].[Mg+2]. The van der Waals surface area contributed by atoms with Crippen LogP contribution in [-0.2, 0) is 9.59 Å². The van der Waals surface area contributed by atoms with E-state index in [1.807, 2.05) is 0 Å². The standard InChI is InChI=1S/2C17H25N3O2.ClH.Mg/c2*18-9-14-2-1-3-20(14)15(21)10-19-16-5-12-4-13(6-16)8-17(22,7-12)11-16;;/h2*12-14,19,22H,1-8,10-11H2;1H;/q;;;+2/p-1/t2*12?,13?,14-,16?,17?;;/m00../s1. The fourth-order valence-electron chi connectivity index (χ4n) is 12.0. The summed E-state index contributed by atoms with van der Waals surface area (Å²) in [4.78, 5) is 28.3. The first-order valence-corrected chi connectivity index (χ1v) is 17.3. The van der Waals surface area contributed by atoms with E-state index in [-0.39, 0.29) is 70.4 Å². The largest absolute Gasteiger partial charge is 2.00 e. The van der Waals surface area contributed by atoms with Gasteiger partial charge < -0.3 is 43.1 Å². The minimum Gasteiger partial charge on any atom is -1.00 e. The first-order chi connectivity index (χ1) is 21.0. The maximum atomic E-state index is 12.4. The molecule has 12 heteroatoms. The van der Waals surface area contributed by atoms with Crippen LogP contribution in [0.1, 0.15) is 103 Å². The molecule has 8 bridgehead atoms. The molecule has 4 N–H and O–H groups in total. The number of nitrogens with zero attached hydrogens (tertiary/aromatic N) is 4. The summed E-state index contributed by atoms with van der Waals surface area (Å²) in [5.74, 6) is 2.57. The Morgan fingerprint density at radius 1 is 0.674 bits per heavy atom. The van der Waals surface area contributed by atoms with Crippen LogP contribution < -0.4 is 23.0 Å². The molecule has 10 nitrogen and oxygen atoms in total. The molecule has 2 saturated heterocycles. The first-order valence-electron chi connectivity index (χ1n) is 17.3.